The normalized spacial score (nSPS) is 15.1. The smallest absolute Gasteiger partial charge is 0.274 e. The molecule has 26 heavy (non-hydrogen) atoms. The minimum atomic E-state index is -0.0506. The first kappa shape index (κ1) is 18.2. The van der Waals surface area contributed by atoms with Gasteiger partial charge in [0.2, 0.25) is 5.91 Å². The van der Waals surface area contributed by atoms with E-state index in [9.17, 15) is 9.59 Å². The molecule has 3 rings (SSSR count). The number of amides is 2. The summed E-state index contributed by atoms with van der Waals surface area (Å²) in [5.74, 6) is -0.0126. The van der Waals surface area contributed by atoms with Gasteiger partial charge in [-0.25, -0.2) is 0 Å². The third kappa shape index (κ3) is 3.95. The average molecular weight is 354 g/mol. The molecule has 1 aromatic carbocycles. The molecule has 0 atom stereocenters. The number of aryl methyl sites for hydroxylation is 2. The Labute approximate surface area is 154 Å². The molecule has 0 radical (unpaired) electrons. The van der Waals surface area contributed by atoms with Crippen molar-refractivity contribution in [2.24, 2.45) is 5.92 Å². The lowest BCUT2D eigenvalue weighted by atomic mass is 9.95. The van der Waals surface area contributed by atoms with Gasteiger partial charge in [-0.2, -0.15) is 5.10 Å². The van der Waals surface area contributed by atoms with E-state index in [0.717, 1.165) is 16.8 Å². The number of likely N-dealkylation sites (tertiary alicyclic amines) is 1. The summed E-state index contributed by atoms with van der Waals surface area (Å²) in [5.41, 5.74) is 4.61. The summed E-state index contributed by atoms with van der Waals surface area (Å²) >= 11 is 0. The van der Waals surface area contributed by atoms with Crippen molar-refractivity contribution < 1.29 is 9.59 Å². The average Bonchev–Trinajstić information content (AvgIpc) is 2.99. The van der Waals surface area contributed by atoms with Crippen molar-refractivity contribution >= 4 is 11.8 Å². The molecule has 2 N–H and O–H groups in total. The topological polar surface area (TPSA) is 78.1 Å². The number of carbonyl (C=O) groups excluding carboxylic acids is 2. The second-order valence-electron chi connectivity index (χ2n) is 7.09. The van der Waals surface area contributed by atoms with E-state index < -0.39 is 0 Å². The van der Waals surface area contributed by atoms with Crippen LogP contribution >= 0.6 is 0 Å². The van der Waals surface area contributed by atoms with Crippen molar-refractivity contribution in [3.8, 4) is 0 Å². The Kier molecular flexibility index (Phi) is 5.40. The van der Waals surface area contributed by atoms with E-state index in [1.807, 2.05) is 45.0 Å². The Balaban J connectivity index is 1.50. The number of rotatable bonds is 4. The number of aromatic amines is 1. The first-order valence-electron chi connectivity index (χ1n) is 9.10. The zero-order valence-corrected chi connectivity index (χ0v) is 15.6. The largest absolute Gasteiger partial charge is 0.352 e. The third-order valence-corrected chi connectivity index (χ3v) is 5.20. The summed E-state index contributed by atoms with van der Waals surface area (Å²) in [6, 6.07) is 8.16. The molecule has 0 saturated carbocycles. The first-order valence-corrected chi connectivity index (χ1v) is 9.10. The molecular weight excluding hydrogens is 328 g/mol. The molecule has 6 nitrogen and oxygen atoms in total. The zero-order valence-electron chi connectivity index (χ0n) is 15.6. The van der Waals surface area contributed by atoms with Crippen LogP contribution in [0.15, 0.2) is 24.3 Å². The fourth-order valence-corrected chi connectivity index (χ4v) is 3.23. The Bertz CT molecular complexity index is 787. The Morgan fingerprint density at radius 1 is 1.15 bits per heavy atom. The highest BCUT2D eigenvalue weighted by molar-refractivity contribution is 5.94. The molecule has 0 spiro atoms. The third-order valence-electron chi connectivity index (χ3n) is 5.20. The van der Waals surface area contributed by atoms with Crippen LogP contribution in [-0.4, -0.2) is 40.0 Å². The maximum atomic E-state index is 12.6. The van der Waals surface area contributed by atoms with Crippen molar-refractivity contribution in [3.63, 3.8) is 0 Å². The molecule has 138 valence electrons. The zero-order chi connectivity index (χ0) is 18.7. The number of H-pyrrole nitrogens is 1. The molecule has 1 fully saturated rings. The summed E-state index contributed by atoms with van der Waals surface area (Å²) in [4.78, 5) is 26.8. The molecule has 1 aliphatic rings. The second-order valence-corrected chi connectivity index (χ2v) is 7.09. The van der Waals surface area contributed by atoms with Gasteiger partial charge in [-0.05, 0) is 39.2 Å². The second kappa shape index (κ2) is 7.72. The number of nitrogens with zero attached hydrogens (tertiary/aromatic N) is 2. The predicted octanol–water partition coefficient (Wildman–Crippen LogP) is 2.50. The van der Waals surface area contributed by atoms with Crippen LogP contribution in [0.2, 0.25) is 0 Å². The Morgan fingerprint density at radius 3 is 2.38 bits per heavy atom. The summed E-state index contributed by atoms with van der Waals surface area (Å²) in [6.07, 6.45) is 1.38. The predicted molar refractivity (Wildman–Crippen MR) is 99.7 cm³/mol. The summed E-state index contributed by atoms with van der Waals surface area (Å²) in [7, 11) is 0. The van der Waals surface area contributed by atoms with Crippen LogP contribution in [0.4, 0.5) is 0 Å². The van der Waals surface area contributed by atoms with Crippen LogP contribution in [0.5, 0.6) is 0 Å². The number of carbonyl (C=O) groups is 2. The highest BCUT2D eigenvalue weighted by atomic mass is 16.2. The van der Waals surface area contributed by atoms with Crippen LogP contribution in [0.1, 0.15) is 45.7 Å². The van der Waals surface area contributed by atoms with E-state index in [2.05, 4.69) is 15.5 Å². The molecule has 2 heterocycles. The van der Waals surface area contributed by atoms with Gasteiger partial charge < -0.3 is 10.2 Å². The standard InChI is InChI=1S/C20H26N4O2/c1-13-4-6-16(7-5-13)12-21-19(25)17-8-10-24(11-9-17)20(26)18-14(2)15(3)22-23-18/h4-7,17H,8-12H2,1-3H3,(H,21,25)(H,22,23). The van der Waals surface area contributed by atoms with Crippen molar-refractivity contribution in [3.05, 3.63) is 52.3 Å². The fraction of sp³-hybridized carbons (Fsp3) is 0.450. The highest BCUT2D eigenvalue weighted by Crippen LogP contribution is 2.20. The summed E-state index contributed by atoms with van der Waals surface area (Å²) in [6.45, 7) is 7.58. The lowest BCUT2D eigenvalue weighted by molar-refractivity contribution is -0.126. The van der Waals surface area contributed by atoms with E-state index in [1.54, 1.807) is 4.90 Å². The molecule has 2 aromatic rings. The number of hydrogen-bond donors (Lipinski definition) is 2. The van der Waals surface area contributed by atoms with Crippen LogP contribution < -0.4 is 5.32 Å². The van der Waals surface area contributed by atoms with Gasteiger partial charge in [-0.1, -0.05) is 29.8 Å². The van der Waals surface area contributed by atoms with E-state index >= 15 is 0 Å². The molecule has 1 saturated heterocycles. The van der Waals surface area contributed by atoms with Gasteiger partial charge >= 0.3 is 0 Å². The van der Waals surface area contributed by atoms with Crippen molar-refractivity contribution in [1.29, 1.82) is 0 Å². The van der Waals surface area contributed by atoms with Gasteiger partial charge in [0.1, 0.15) is 0 Å². The van der Waals surface area contributed by atoms with E-state index in [0.29, 0.717) is 38.2 Å². The molecule has 0 unspecified atom stereocenters. The van der Waals surface area contributed by atoms with Gasteiger partial charge in [0.25, 0.3) is 5.91 Å². The lowest BCUT2D eigenvalue weighted by Gasteiger charge is -2.31. The number of hydrogen-bond acceptors (Lipinski definition) is 3. The Hall–Kier alpha value is -2.63. The lowest BCUT2D eigenvalue weighted by Crippen LogP contribution is -2.43. The van der Waals surface area contributed by atoms with Gasteiger partial charge in [0.15, 0.2) is 5.69 Å². The Morgan fingerprint density at radius 2 is 1.81 bits per heavy atom. The number of nitrogens with one attached hydrogen (secondary N) is 2. The van der Waals surface area contributed by atoms with Gasteiger partial charge in [0, 0.05) is 36.8 Å². The van der Waals surface area contributed by atoms with Crippen LogP contribution in [0.3, 0.4) is 0 Å². The van der Waals surface area contributed by atoms with Gasteiger partial charge in [0.05, 0.1) is 0 Å². The molecule has 0 aliphatic carbocycles. The molecule has 1 aromatic heterocycles. The maximum absolute atomic E-state index is 12.6. The minimum absolute atomic E-state index is 0.0356. The molecule has 0 bridgehead atoms. The van der Waals surface area contributed by atoms with Crippen molar-refractivity contribution in [2.75, 3.05) is 13.1 Å². The first-order chi connectivity index (χ1) is 12.5. The van der Waals surface area contributed by atoms with Gasteiger partial charge in [-0.15, -0.1) is 0 Å². The summed E-state index contributed by atoms with van der Waals surface area (Å²) in [5, 5.41) is 9.99. The molecule has 6 heteroatoms. The molecule has 2 amide bonds. The maximum Gasteiger partial charge on any atom is 0.274 e. The summed E-state index contributed by atoms with van der Waals surface area (Å²) < 4.78 is 0. The van der Waals surface area contributed by atoms with E-state index in [1.165, 1.54) is 5.56 Å². The van der Waals surface area contributed by atoms with Crippen molar-refractivity contribution in [2.45, 2.75) is 40.2 Å². The SMILES string of the molecule is Cc1ccc(CNC(=O)C2CCN(C(=O)c3n[nH]c(C)c3C)CC2)cc1. The van der Waals surface area contributed by atoms with E-state index in [-0.39, 0.29) is 17.7 Å². The quantitative estimate of drug-likeness (QED) is 0.885. The monoisotopic (exact) mass is 354 g/mol. The van der Waals surface area contributed by atoms with Crippen LogP contribution in [0, 0.1) is 26.7 Å². The minimum Gasteiger partial charge on any atom is -0.352 e. The molecule has 1 aliphatic heterocycles. The van der Waals surface area contributed by atoms with Crippen molar-refractivity contribution in [1.82, 2.24) is 20.4 Å². The number of benzene rings is 1. The molecular formula is C20H26N4O2. The van der Waals surface area contributed by atoms with E-state index in [4.69, 9.17) is 0 Å². The van der Waals surface area contributed by atoms with Gasteiger partial charge in [-0.3, -0.25) is 14.7 Å². The number of piperidine rings is 1. The number of aromatic nitrogens is 2. The highest BCUT2D eigenvalue weighted by Gasteiger charge is 2.29. The van der Waals surface area contributed by atoms with Crippen LogP contribution in [0.25, 0.3) is 0 Å². The fourth-order valence-electron chi connectivity index (χ4n) is 3.23. The van der Waals surface area contributed by atoms with Crippen LogP contribution in [-0.2, 0) is 11.3 Å².